The highest BCUT2D eigenvalue weighted by Gasteiger charge is 2.38. The third-order valence-corrected chi connectivity index (χ3v) is 5.09. The minimum atomic E-state index is -0.229. The number of nitrogens with zero attached hydrogens (tertiary/aromatic N) is 1. The maximum atomic E-state index is 6.60. The quantitative estimate of drug-likeness (QED) is 0.902. The van der Waals surface area contributed by atoms with E-state index in [1.54, 1.807) is 0 Å². The van der Waals surface area contributed by atoms with E-state index in [-0.39, 0.29) is 5.54 Å². The van der Waals surface area contributed by atoms with E-state index in [9.17, 15) is 0 Å². The Morgan fingerprint density at radius 2 is 1.89 bits per heavy atom. The highest BCUT2D eigenvalue weighted by molar-refractivity contribution is 5.23. The van der Waals surface area contributed by atoms with Crippen LogP contribution in [0.15, 0.2) is 30.3 Å². The van der Waals surface area contributed by atoms with Crippen molar-refractivity contribution in [3.8, 4) is 0 Å². The molecule has 1 aromatic carbocycles. The summed E-state index contributed by atoms with van der Waals surface area (Å²) in [4.78, 5) is 2.66. The van der Waals surface area contributed by atoms with Gasteiger partial charge in [0.15, 0.2) is 0 Å². The first-order valence-corrected chi connectivity index (χ1v) is 7.75. The van der Waals surface area contributed by atoms with Crippen molar-refractivity contribution in [2.24, 2.45) is 11.7 Å². The van der Waals surface area contributed by atoms with Crippen LogP contribution in [0.2, 0.25) is 0 Å². The van der Waals surface area contributed by atoms with Gasteiger partial charge in [0.2, 0.25) is 0 Å². The summed E-state index contributed by atoms with van der Waals surface area (Å²) in [6, 6.07) is 11.4. The average molecular weight is 258 g/mol. The molecule has 1 aliphatic heterocycles. The second kappa shape index (κ2) is 5.26. The predicted octanol–water partition coefficient (Wildman–Crippen LogP) is 3.13. The Balaban J connectivity index is 1.71. The second-order valence-electron chi connectivity index (χ2n) is 6.65. The van der Waals surface area contributed by atoms with Gasteiger partial charge < -0.3 is 5.73 Å². The van der Waals surface area contributed by atoms with Crippen molar-refractivity contribution >= 4 is 0 Å². The van der Waals surface area contributed by atoms with Crippen molar-refractivity contribution in [2.45, 2.75) is 50.6 Å². The number of nitrogens with two attached hydrogens (primary N) is 1. The minimum absolute atomic E-state index is 0.229. The molecule has 0 spiro atoms. The van der Waals surface area contributed by atoms with Crippen LogP contribution in [0.4, 0.5) is 0 Å². The molecule has 1 aromatic rings. The number of hydrogen-bond acceptors (Lipinski definition) is 2. The van der Waals surface area contributed by atoms with E-state index >= 15 is 0 Å². The van der Waals surface area contributed by atoms with Gasteiger partial charge in [-0.05, 0) is 44.2 Å². The van der Waals surface area contributed by atoms with Crippen molar-refractivity contribution in [2.75, 3.05) is 13.1 Å². The van der Waals surface area contributed by atoms with Gasteiger partial charge in [-0.3, -0.25) is 4.90 Å². The van der Waals surface area contributed by atoms with Gasteiger partial charge in [-0.25, -0.2) is 0 Å². The Morgan fingerprint density at radius 3 is 2.68 bits per heavy atom. The van der Waals surface area contributed by atoms with Gasteiger partial charge in [-0.1, -0.05) is 43.2 Å². The molecule has 2 nitrogen and oxygen atoms in total. The molecule has 0 bridgehead atoms. The number of fused-ring (bicyclic) bond motifs is 1. The highest BCUT2D eigenvalue weighted by Crippen LogP contribution is 2.37. The van der Waals surface area contributed by atoms with Crippen LogP contribution in [0.25, 0.3) is 0 Å². The van der Waals surface area contributed by atoms with Crippen molar-refractivity contribution < 1.29 is 0 Å². The molecule has 3 rings (SSSR count). The fourth-order valence-corrected chi connectivity index (χ4v) is 4.03. The van der Waals surface area contributed by atoms with Crippen molar-refractivity contribution in [1.29, 1.82) is 0 Å². The standard InChI is InChI=1S/C17H26N2/c1-17(18,15-8-3-2-4-9-15)13-19-12-11-14-7-5-6-10-16(14)19/h2-4,8-9,14,16H,5-7,10-13,18H2,1H3. The maximum Gasteiger partial charge on any atom is 0.0510 e. The zero-order valence-electron chi connectivity index (χ0n) is 12.0. The predicted molar refractivity (Wildman–Crippen MR) is 79.9 cm³/mol. The molecule has 1 saturated heterocycles. The summed E-state index contributed by atoms with van der Waals surface area (Å²) < 4.78 is 0. The molecule has 2 N–H and O–H groups in total. The Morgan fingerprint density at radius 1 is 1.16 bits per heavy atom. The summed E-state index contributed by atoms with van der Waals surface area (Å²) in [5.41, 5.74) is 7.63. The Hall–Kier alpha value is -0.860. The third-order valence-electron chi connectivity index (χ3n) is 5.09. The maximum absolute atomic E-state index is 6.60. The summed E-state index contributed by atoms with van der Waals surface area (Å²) in [6.45, 7) is 4.42. The van der Waals surface area contributed by atoms with E-state index in [0.29, 0.717) is 0 Å². The lowest BCUT2D eigenvalue weighted by Gasteiger charge is -2.37. The van der Waals surface area contributed by atoms with Crippen LogP contribution in [-0.2, 0) is 5.54 Å². The molecular formula is C17H26N2. The summed E-state index contributed by atoms with van der Waals surface area (Å²) in [5.74, 6) is 0.945. The lowest BCUT2D eigenvalue weighted by atomic mass is 9.84. The van der Waals surface area contributed by atoms with Gasteiger partial charge in [-0.15, -0.1) is 0 Å². The summed E-state index contributed by atoms with van der Waals surface area (Å²) in [6.07, 6.45) is 7.05. The molecule has 1 aliphatic carbocycles. The topological polar surface area (TPSA) is 29.3 Å². The van der Waals surface area contributed by atoms with Crippen LogP contribution in [0, 0.1) is 5.92 Å². The molecule has 3 unspecified atom stereocenters. The molecule has 0 aromatic heterocycles. The van der Waals surface area contributed by atoms with Gasteiger partial charge in [0, 0.05) is 12.6 Å². The van der Waals surface area contributed by atoms with E-state index in [1.807, 2.05) is 0 Å². The minimum Gasteiger partial charge on any atom is -0.321 e. The summed E-state index contributed by atoms with van der Waals surface area (Å²) in [7, 11) is 0. The molecule has 0 radical (unpaired) electrons. The lowest BCUT2D eigenvalue weighted by molar-refractivity contribution is 0.152. The number of benzene rings is 1. The fourth-order valence-electron chi connectivity index (χ4n) is 4.03. The molecule has 1 saturated carbocycles. The number of likely N-dealkylation sites (tertiary alicyclic amines) is 1. The normalized spacial score (nSPS) is 30.8. The van der Waals surface area contributed by atoms with Crippen molar-refractivity contribution in [1.82, 2.24) is 4.90 Å². The van der Waals surface area contributed by atoms with Gasteiger partial charge in [0.1, 0.15) is 0 Å². The van der Waals surface area contributed by atoms with Gasteiger partial charge in [0.25, 0.3) is 0 Å². The molecule has 1 heterocycles. The van der Waals surface area contributed by atoms with Crippen molar-refractivity contribution in [3.63, 3.8) is 0 Å². The Labute approximate surface area is 117 Å². The Kier molecular flexibility index (Phi) is 3.64. The summed E-state index contributed by atoms with van der Waals surface area (Å²) in [5, 5.41) is 0. The van der Waals surface area contributed by atoms with E-state index in [0.717, 1.165) is 18.5 Å². The Bertz CT molecular complexity index is 413. The van der Waals surface area contributed by atoms with E-state index in [1.165, 1.54) is 44.2 Å². The van der Waals surface area contributed by atoms with E-state index in [2.05, 4.69) is 42.2 Å². The molecule has 2 fully saturated rings. The second-order valence-corrected chi connectivity index (χ2v) is 6.65. The van der Waals surface area contributed by atoms with Gasteiger partial charge >= 0.3 is 0 Å². The molecule has 2 aliphatic rings. The molecular weight excluding hydrogens is 232 g/mol. The largest absolute Gasteiger partial charge is 0.321 e. The zero-order valence-corrected chi connectivity index (χ0v) is 12.0. The van der Waals surface area contributed by atoms with Crippen LogP contribution in [0.5, 0.6) is 0 Å². The molecule has 3 atom stereocenters. The highest BCUT2D eigenvalue weighted by atomic mass is 15.2. The number of rotatable bonds is 3. The first-order valence-electron chi connectivity index (χ1n) is 7.75. The van der Waals surface area contributed by atoms with Crippen LogP contribution < -0.4 is 5.73 Å². The lowest BCUT2D eigenvalue weighted by Crippen LogP contribution is -2.48. The zero-order chi connectivity index (χ0) is 13.3. The van der Waals surface area contributed by atoms with E-state index < -0.39 is 0 Å². The molecule has 104 valence electrons. The first kappa shape index (κ1) is 13.1. The SMILES string of the molecule is CC(N)(CN1CCC2CCCCC21)c1ccccc1. The molecule has 19 heavy (non-hydrogen) atoms. The van der Waals surface area contributed by atoms with E-state index in [4.69, 9.17) is 5.73 Å². The van der Waals surface area contributed by atoms with Crippen LogP contribution >= 0.6 is 0 Å². The van der Waals surface area contributed by atoms with Crippen LogP contribution in [-0.4, -0.2) is 24.0 Å². The molecule has 0 amide bonds. The average Bonchev–Trinajstić information content (AvgIpc) is 2.83. The molecule has 2 heteroatoms. The van der Waals surface area contributed by atoms with Gasteiger partial charge in [0.05, 0.1) is 5.54 Å². The summed E-state index contributed by atoms with van der Waals surface area (Å²) >= 11 is 0. The van der Waals surface area contributed by atoms with Crippen molar-refractivity contribution in [3.05, 3.63) is 35.9 Å². The van der Waals surface area contributed by atoms with Crippen LogP contribution in [0.1, 0.15) is 44.6 Å². The first-order chi connectivity index (χ1) is 9.17. The smallest absolute Gasteiger partial charge is 0.0510 e. The third kappa shape index (κ3) is 2.70. The van der Waals surface area contributed by atoms with Crippen LogP contribution in [0.3, 0.4) is 0 Å². The fraction of sp³-hybridized carbons (Fsp3) is 0.647. The van der Waals surface area contributed by atoms with Gasteiger partial charge in [-0.2, -0.15) is 0 Å². The monoisotopic (exact) mass is 258 g/mol. The number of hydrogen-bond donors (Lipinski definition) is 1.